The molecular weight excluding hydrogens is 364 g/mol. The largest absolute Gasteiger partial charge is 0.496 e. The average molecular weight is 397 g/mol. The Hall–Kier alpha value is -2.04. The Morgan fingerprint density at radius 1 is 1.00 bits per heavy atom. The van der Waals surface area contributed by atoms with E-state index < -0.39 is 0 Å². The van der Waals surface area contributed by atoms with E-state index >= 15 is 0 Å². The van der Waals surface area contributed by atoms with E-state index in [-0.39, 0.29) is 17.4 Å². The number of rotatable bonds is 4. The maximum atomic E-state index is 13.5. The van der Waals surface area contributed by atoms with Crippen LogP contribution in [0.3, 0.4) is 0 Å². The molecule has 1 N–H and O–H groups in total. The summed E-state index contributed by atoms with van der Waals surface area (Å²) in [5.41, 5.74) is 0.518. The molecule has 5 fully saturated rings. The minimum absolute atomic E-state index is 0.0533. The van der Waals surface area contributed by atoms with Crippen LogP contribution in [-0.2, 0) is 4.79 Å². The molecule has 29 heavy (non-hydrogen) atoms. The smallest absolute Gasteiger partial charge is 0.255 e. The van der Waals surface area contributed by atoms with Gasteiger partial charge in [-0.2, -0.15) is 0 Å². The molecule has 4 saturated carbocycles. The van der Waals surface area contributed by atoms with Crippen LogP contribution in [0.15, 0.2) is 24.3 Å². The summed E-state index contributed by atoms with van der Waals surface area (Å²) in [6.07, 6.45) is 9.14. The molecule has 4 aliphatic carbocycles. The van der Waals surface area contributed by atoms with E-state index in [2.05, 4.69) is 10.2 Å². The Bertz CT molecular complexity index is 762. The fourth-order valence-electron chi connectivity index (χ4n) is 7.03. The van der Waals surface area contributed by atoms with Crippen molar-refractivity contribution in [1.29, 1.82) is 0 Å². The zero-order chi connectivity index (χ0) is 20.0. The molecule has 0 unspecified atom stereocenters. The molecule has 5 heteroatoms. The number of amides is 2. The van der Waals surface area contributed by atoms with Gasteiger partial charge in [0.25, 0.3) is 5.91 Å². The Labute approximate surface area is 173 Å². The second kappa shape index (κ2) is 7.33. The highest BCUT2D eigenvalue weighted by Crippen LogP contribution is 2.60. The number of nitrogens with zero attached hydrogens (tertiary/aromatic N) is 1. The minimum Gasteiger partial charge on any atom is -0.496 e. The maximum absolute atomic E-state index is 13.5. The van der Waals surface area contributed by atoms with Crippen LogP contribution in [0.1, 0.15) is 61.7 Å². The first-order chi connectivity index (χ1) is 14.1. The van der Waals surface area contributed by atoms with Crippen LogP contribution in [0.5, 0.6) is 5.75 Å². The first-order valence-electron chi connectivity index (χ1n) is 11.3. The molecule has 0 spiro atoms. The van der Waals surface area contributed by atoms with Crippen molar-refractivity contribution in [3.63, 3.8) is 0 Å². The third-order valence-electron chi connectivity index (χ3n) is 7.96. The van der Waals surface area contributed by atoms with E-state index in [1.807, 2.05) is 18.2 Å². The number of hydrogen-bond acceptors (Lipinski definition) is 3. The van der Waals surface area contributed by atoms with Gasteiger partial charge in [0.05, 0.1) is 18.1 Å². The van der Waals surface area contributed by atoms with Crippen LogP contribution in [-0.4, -0.2) is 43.0 Å². The lowest BCUT2D eigenvalue weighted by atomic mass is 9.49. The highest BCUT2D eigenvalue weighted by molar-refractivity contribution is 5.97. The van der Waals surface area contributed by atoms with Crippen LogP contribution in [0, 0.1) is 23.2 Å². The van der Waals surface area contributed by atoms with Crippen molar-refractivity contribution < 1.29 is 14.3 Å². The summed E-state index contributed by atoms with van der Waals surface area (Å²) >= 11 is 0. The summed E-state index contributed by atoms with van der Waals surface area (Å²) in [4.78, 5) is 28.3. The Morgan fingerprint density at radius 3 is 2.17 bits per heavy atom. The summed E-state index contributed by atoms with van der Waals surface area (Å²) in [5.74, 6) is 3.31. The lowest BCUT2D eigenvalue weighted by molar-refractivity contribution is -0.158. The molecule has 0 aromatic heterocycles. The molecular formula is C24H32N2O3. The lowest BCUT2D eigenvalue weighted by Crippen LogP contribution is -2.56. The quantitative estimate of drug-likeness (QED) is 0.845. The predicted octanol–water partition coefficient (Wildman–Crippen LogP) is 3.63. The molecule has 5 nitrogen and oxygen atoms in total. The number of methoxy groups -OCH3 is 1. The number of piperidine rings is 1. The number of nitrogens with one attached hydrogen (secondary N) is 1. The monoisotopic (exact) mass is 396 g/mol. The molecule has 1 aliphatic heterocycles. The molecule has 5 aliphatic rings. The average Bonchev–Trinajstić information content (AvgIpc) is 2.72. The van der Waals surface area contributed by atoms with Crippen molar-refractivity contribution in [2.75, 3.05) is 20.2 Å². The Balaban J connectivity index is 1.19. The van der Waals surface area contributed by atoms with Gasteiger partial charge in [-0.25, -0.2) is 0 Å². The van der Waals surface area contributed by atoms with E-state index in [0.717, 1.165) is 62.9 Å². The van der Waals surface area contributed by atoms with Crippen LogP contribution in [0.25, 0.3) is 0 Å². The number of carbonyl (C=O) groups excluding carboxylic acids is 2. The zero-order valence-electron chi connectivity index (χ0n) is 17.4. The molecule has 1 aromatic carbocycles. The molecule has 0 radical (unpaired) electrons. The maximum Gasteiger partial charge on any atom is 0.255 e. The van der Waals surface area contributed by atoms with E-state index in [0.29, 0.717) is 17.2 Å². The van der Waals surface area contributed by atoms with Gasteiger partial charge in [-0.3, -0.25) is 9.59 Å². The van der Waals surface area contributed by atoms with Crippen molar-refractivity contribution in [3.05, 3.63) is 29.8 Å². The highest BCUT2D eigenvalue weighted by Gasteiger charge is 2.55. The predicted molar refractivity (Wildman–Crippen MR) is 111 cm³/mol. The van der Waals surface area contributed by atoms with Gasteiger partial charge in [-0.15, -0.1) is 0 Å². The van der Waals surface area contributed by atoms with Gasteiger partial charge in [0.1, 0.15) is 5.75 Å². The van der Waals surface area contributed by atoms with Gasteiger partial charge >= 0.3 is 0 Å². The Kier molecular flexibility index (Phi) is 4.79. The van der Waals surface area contributed by atoms with Gasteiger partial charge in [0.2, 0.25) is 5.91 Å². The number of hydrogen-bond donors (Lipinski definition) is 1. The molecule has 0 atom stereocenters. The lowest BCUT2D eigenvalue weighted by Gasteiger charge is -2.57. The van der Waals surface area contributed by atoms with Gasteiger partial charge in [0.15, 0.2) is 0 Å². The van der Waals surface area contributed by atoms with E-state index in [1.165, 1.54) is 19.3 Å². The standard InChI is InChI=1S/C24H32N2O3/c1-29-21-5-3-2-4-20(21)22(27)25-19-6-8-26(9-7-19)23(28)24-13-16-10-17(14-24)12-18(11-16)15-24/h2-5,16-19H,6-15H2,1H3,(H,25,27). The fourth-order valence-corrected chi connectivity index (χ4v) is 7.03. The van der Waals surface area contributed by atoms with Crippen molar-refractivity contribution >= 4 is 11.8 Å². The number of carbonyl (C=O) groups is 2. The van der Waals surface area contributed by atoms with Crippen molar-refractivity contribution in [1.82, 2.24) is 10.2 Å². The fraction of sp³-hybridized carbons (Fsp3) is 0.667. The number of ether oxygens (including phenoxy) is 1. The number of para-hydroxylation sites is 1. The highest BCUT2D eigenvalue weighted by atomic mass is 16.5. The summed E-state index contributed by atoms with van der Waals surface area (Å²) in [7, 11) is 1.58. The van der Waals surface area contributed by atoms with Gasteiger partial charge < -0.3 is 15.0 Å². The molecule has 1 saturated heterocycles. The van der Waals surface area contributed by atoms with E-state index in [4.69, 9.17) is 4.74 Å². The summed E-state index contributed by atoms with van der Waals surface area (Å²) in [6, 6.07) is 7.43. The van der Waals surface area contributed by atoms with E-state index in [9.17, 15) is 9.59 Å². The molecule has 6 rings (SSSR count). The van der Waals surface area contributed by atoms with Gasteiger partial charge in [0, 0.05) is 19.1 Å². The van der Waals surface area contributed by atoms with Crippen molar-refractivity contribution in [3.8, 4) is 5.75 Å². The summed E-state index contributed by atoms with van der Waals surface area (Å²) < 4.78 is 5.31. The van der Waals surface area contributed by atoms with E-state index in [1.54, 1.807) is 13.2 Å². The number of likely N-dealkylation sites (tertiary alicyclic amines) is 1. The molecule has 1 aromatic rings. The van der Waals surface area contributed by atoms with Gasteiger partial charge in [-0.1, -0.05) is 12.1 Å². The second-order valence-electron chi connectivity index (χ2n) is 9.94. The summed E-state index contributed by atoms with van der Waals surface area (Å²) in [5, 5.41) is 3.15. The number of benzene rings is 1. The second-order valence-corrected chi connectivity index (χ2v) is 9.94. The molecule has 156 valence electrons. The van der Waals surface area contributed by atoms with Crippen molar-refractivity contribution in [2.24, 2.45) is 23.2 Å². The van der Waals surface area contributed by atoms with Gasteiger partial charge in [-0.05, 0) is 81.3 Å². The zero-order valence-corrected chi connectivity index (χ0v) is 17.4. The molecule has 1 heterocycles. The summed E-state index contributed by atoms with van der Waals surface area (Å²) in [6.45, 7) is 1.52. The SMILES string of the molecule is COc1ccccc1C(=O)NC1CCN(C(=O)C23CC4CC(CC(C4)C2)C3)CC1. The first kappa shape index (κ1) is 19.0. The topological polar surface area (TPSA) is 58.6 Å². The normalized spacial score (nSPS) is 33.6. The van der Waals surface area contributed by atoms with Crippen LogP contribution in [0.4, 0.5) is 0 Å². The molecule has 2 amide bonds. The third kappa shape index (κ3) is 3.43. The van der Waals surface area contributed by atoms with Crippen molar-refractivity contribution in [2.45, 2.75) is 57.4 Å². The minimum atomic E-state index is -0.0895. The van der Waals surface area contributed by atoms with Crippen LogP contribution < -0.4 is 10.1 Å². The third-order valence-corrected chi connectivity index (χ3v) is 7.96. The first-order valence-corrected chi connectivity index (χ1v) is 11.3. The molecule has 4 bridgehead atoms. The Morgan fingerprint density at radius 2 is 1.59 bits per heavy atom. The van der Waals surface area contributed by atoms with Crippen LogP contribution >= 0.6 is 0 Å². The van der Waals surface area contributed by atoms with Crippen LogP contribution in [0.2, 0.25) is 0 Å².